The van der Waals surface area contributed by atoms with E-state index in [2.05, 4.69) is 73.7 Å². The largest absolute Gasteiger partial charge is 0.398 e. The lowest BCUT2D eigenvalue weighted by atomic mass is 9.89. The van der Waals surface area contributed by atoms with Crippen LogP contribution in [0, 0.1) is 6.92 Å². The van der Waals surface area contributed by atoms with Gasteiger partial charge in [0, 0.05) is 11.3 Å². The summed E-state index contributed by atoms with van der Waals surface area (Å²) in [4.78, 5) is 0. The number of nitrogen functional groups attached to an aromatic ring is 1. The molecule has 0 aromatic heterocycles. The van der Waals surface area contributed by atoms with E-state index in [9.17, 15) is 0 Å². The minimum Gasteiger partial charge on any atom is -0.398 e. The summed E-state index contributed by atoms with van der Waals surface area (Å²) in [5.41, 5.74) is 10.9. The van der Waals surface area contributed by atoms with Crippen molar-refractivity contribution >= 4 is 27.2 Å². The van der Waals surface area contributed by atoms with Crippen molar-refractivity contribution in [2.75, 3.05) is 5.73 Å². The molecule has 0 bridgehead atoms. The highest BCUT2D eigenvalue weighted by atomic mass is 14.6. The molecule has 1 nitrogen and oxygen atoms in total. The van der Waals surface area contributed by atoms with Crippen molar-refractivity contribution in [1.29, 1.82) is 0 Å². The number of rotatable bonds is 1. The highest BCUT2D eigenvalue weighted by Gasteiger charge is 2.13. The summed E-state index contributed by atoms with van der Waals surface area (Å²) in [7, 11) is 0. The molecule has 106 valence electrons. The predicted molar refractivity (Wildman–Crippen MR) is 96.0 cm³/mol. The van der Waals surface area contributed by atoms with Crippen LogP contribution in [0.3, 0.4) is 0 Å². The Bertz CT molecular complexity index is 916. The Morgan fingerprint density at radius 3 is 1.82 bits per heavy atom. The van der Waals surface area contributed by atoms with E-state index in [4.69, 9.17) is 5.73 Å². The molecule has 2 N–H and O–H groups in total. The zero-order valence-corrected chi connectivity index (χ0v) is 12.5. The van der Waals surface area contributed by atoms with Gasteiger partial charge in [-0.15, -0.1) is 0 Å². The van der Waals surface area contributed by atoms with E-state index in [0.717, 1.165) is 11.3 Å². The van der Waals surface area contributed by atoms with E-state index in [1.165, 1.54) is 32.7 Å². The number of anilines is 1. The Morgan fingerprint density at radius 2 is 1.14 bits per heavy atom. The van der Waals surface area contributed by atoms with Gasteiger partial charge in [0.1, 0.15) is 0 Å². The van der Waals surface area contributed by atoms with Crippen LogP contribution in [0.2, 0.25) is 0 Å². The molecule has 1 heteroatoms. The molecule has 0 heterocycles. The molecule has 0 aliphatic heterocycles. The first-order chi connectivity index (χ1) is 10.8. The van der Waals surface area contributed by atoms with Crippen LogP contribution in [-0.4, -0.2) is 0 Å². The smallest absolute Gasteiger partial charge is 0.0400 e. The number of aryl methyl sites for hydroxylation is 1. The van der Waals surface area contributed by atoms with Crippen molar-refractivity contribution < 1.29 is 0 Å². The van der Waals surface area contributed by atoms with Gasteiger partial charge in [0.05, 0.1) is 0 Å². The van der Waals surface area contributed by atoms with Crippen LogP contribution < -0.4 is 5.73 Å². The summed E-state index contributed by atoms with van der Waals surface area (Å²) < 4.78 is 0. The van der Waals surface area contributed by atoms with Crippen molar-refractivity contribution in [2.24, 2.45) is 0 Å². The molecule has 0 saturated heterocycles. The molecule has 0 atom stereocenters. The topological polar surface area (TPSA) is 26.0 Å². The SMILES string of the molecule is Cc1ccc2ccccc2c1-c1c(N)ccc2ccccc12. The molecule has 0 spiro atoms. The minimum atomic E-state index is 0.832. The first kappa shape index (κ1) is 12.9. The monoisotopic (exact) mass is 283 g/mol. The van der Waals surface area contributed by atoms with E-state index in [1.807, 2.05) is 6.07 Å². The molecule has 0 fully saturated rings. The van der Waals surface area contributed by atoms with Crippen molar-refractivity contribution in [2.45, 2.75) is 6.92 Å². The van der Waals surface area contributed by atoms with Crippen LogP contribution in [0.15, 0.2) is 72.8 Å². The summed E-state index contributed by atoms with van der Waals surface area (Å²) in [6.45, 7) is 2.16. The van der Waals surface area contributed by atoms with Crippen molar-refractivity contribution in [1.82, 2.24) is 0 Å². The van der Waals surface area contributed by atoms with Gasteiger partial charge in [-0.3, -0.25) is 0 Å². The average Bonchev–Trinajstić information content (AvgIpc) is 2.56. The molecule has 4 aromatic carbocycles. The minimum absolute atomic E-state index is 0.832. The second kappa shape index (κ2) is 4.88. The van der Waals surface area contributed by atoms with E-state index in [1.54, 1.807) is 0 Å². The van der Waals surface area contributed by atoms with E-state index in [-0.39, 0.29) is 0 Å². The fraction of sp³-hybridized carbons (Fsp3) is 0.0476. The lowest BCUT2D eigenvalue weighted by molar-refractivity contribution is 1.50. The standard InChI is InChI=1S/C21H17N/c1-14-10-11-15-6-2-4-8-17(15)20(14)21-18-9-5-3-7-16(18)12-13-19(21)22/h2-13H,22H2,1H3. The Balaban J connectivity index is 2.21. The normalized spacial score (nSPS) is 11.1. The number of hydrogen-bond donors (Lipinski definition) is 1. The Labute approximate surface area is 130 Å². The Morgan fingerprint density at radius 1 is 0.591 bits per heavy atom. The third-order valence-electron chi connectivity index (χ3n) is 4.35. The third kappa shape index (κ3) is 1.86. The first-order valence-corrected chi connectivity index (χ1v) is 7.51. The summed E-state index contributed by atoms with van der Waals surface area (Å²) >= 11 is 0. The number of fused-ring (bicyclic) bond motifs is 2. The molecule has 4 rings (SSSR count). The third-order valence-corrected chi connectivity index (χ3v) is 4.35. The zero-order chi connectivity index (χ0) is 15.1. The summed E-state index contributed by atoms with van der Waals surface area (Å²) in [5, 5.41) is 4.93. The van der Waals surface area contributed by atoms with Gasteiger partial charge in [-0.2, -0.15) is 0 Å². The maximum Gasteiger partial charge on any atom is 0.0400 e. The maximum atomic E-state index is 6.38. The van der Waals surface area contributed by atoms with Crippen LogP contribution >= 0.6 is 0 Å². The van der Waals surface area contributed by atoms with Crippen molar-refractivity contribution in [3.05, 3.63) is 78.4 Å². The fourth-order valence-electron chi connectivity index (χ4n) is 3.28. The van der Waals surface area contributed by atoms with Gasteiger partial charge >= 0.3 is 0 Å². The first-order valence-electron chi connectivity index (χ1n) is 7.51. The quantitative estimate of drug-likeness (QED) is 0.455. The summed E-state index contributed by atoms with van der Waals surface area (Å²) in [5.74, 6) is 0. The molecule has 0 aliphatic carbocycles. The molecule has 0 unspecified atom stereocenters. The summed E-state index contributed by atoms with van der Waals surface area (Å²) in [6.07, 6.45) is 0. The zero-order valence-electron chi connectivity index (χ0n) is 12.5. The Hall–Kier alpha value is -2.80. The summed E-state index contributed by atoms with van der Waals surface area (Å²) in [6, 6.07) is 25.4. The Kier molecular flexibility index (Phi) is 2.87. The van der Waals surface area contributed by atoms with Crippen LogP contribution in [0.1, 0.15) is 5.56 Å². The molecular weight excluding hydrogens is 266 g/mol. The van der Waals surface area contributed by atoms with Gasteiger partial charge in [-0.05, 0) is 45.7 Å². The molecule has 0 aliphatic rings. The van der Waals surface area contributed by atoms with Crippen molar-refractivity contribution in [3.63, 3.8) is 0 Å². The number of benzene rings is 4. The van der Waals surface area contributed by atoms with Crippen molar-refractivity contribution in [3.8, 4) is 11.1 Å². The van der Waals surface area contributed by atoms with Crippen LogP contribution in [0.4, 0.5) is 5.69 Å². The van der Waals surface area contributed by atoms with Gasteiger partial charge in [0.2, 0.25) is 0 Å². The van der Waals surface area contributed by atoms with Gasteiger partial charge in [-0.1, -0.05) is 66.7 Å². The number of hydrogen-bond acceptors (Lipinski definition) is 1. The van der Waals surface area contributed by atoms with E-state index in [0.29, 0.717) is 0 Å². The van der Waals surface area contributed by atoms with Crippen LogP contribution in [0.5, 0.6) is 0 Å². The van der Waals surface area contributed by atoms with E-state index >= 15 is 0 Å². The fourth-order valence-corrected chi connectivity index (χ4v) is 3.28. The average molecular weight is 283 g/mol. The predicted octanol–water partition coefficient (Wildman–Crippen LogP) is 5.55. The van der Waals surface area contributed by atoms with Crippen LogP contribution in [-0.2, 0) is 0 Å². The second-order valence-electron chi connectivity index (χ2n) is 5.73. The van der Waals surface area contributed by atoms with Gasteiger partial charge in [0.15, 0.2) is 0 Å². The van der Waals surface area contributed by atoms with E-state index < -0.39 is 0 Å². The molecule has 0 saturated carbocycles. The van der Waals surface area contributed by atoms with Gasteiger partial charge in [0.25, 0.3) is 0 Å². The van der Waals surface area contributed by atoms with Gasteiger partial charge < -0.3 is 5.73 Å². The number of nitrogens with two attached hydrogens (primary N) is 1. The lowest BCUT2D eigenvalue weighted by Gasteiger charge is -2.15. The highest BCUT2D eigenvalue weighted by Crippen LogP contribution is 2.39. The maximum absolute atomic E-state index is 6.38. The van der Waals surface area contributed by atoms with Crippen LogP contribution in [0.25, 0.3) is 32.7 Å². The molecule has 0 radical (unpaired) electrons. The molecular formula is C21H17N. The molecule has 4 aromatic rings. The second-order valence-corrected chi connectivity index (χ2v) is 5.73. The lowest BCUT2D eigenvalue weighted by Crippen LogP contribution is -1.94. The molecule has 0 amide bonds. The highest BCUT2D eigenvalue weighted by molar-refractivity contribution is 6.10. The molecule has 22 heavy (non-hydrogen) atoms. The van der Waals surface area contributed by atoms with Gasteiger partial charge in [-0.25, -0.2) is 0 Å².